The van der Waals surface area contributed by atoms with Gasteiger partial charge in [-0.1, -0.05) is 25.3 Å². The minimum Gasteiger partial charge on any atom is -0.461 e. The Balaban J connectivity index is 3.11. The van der Waals surface area contributed by atoms with Crippen molar-refractivity contribution in [2.45, 2.75) is 0 Å². The molecule has 45 valence electrons. The molecule has 0 bridgehead atoms. The van der Waals surface area contributed by atoms with E-state index in [-0.39, 0.29) is 18.3 Å². The molecule has 0 amide bonds. The Hall–Kier alpha value is -0.440. The Kier molecular flexibility index (Phi) is 4.45. The average Bonchev–Trinajstić information content (AvgIpc) is 1.83. The molecule has 0 heterocycles. The summed E-state index contributed by atoms with van der Waals surface area (Å²) in [6.07, 6.45) is 1.50. The molecule has 0 aliphatic rings. The molecular formula is C5H7O2S. The minimum absolute atomic E-state index is 0.0217. The zero-order valence-corrected chi connectivity index (χ0v) is 5.24. The van der Waals surface area contributed by atoms with Gasteiger partial charge in [0.15, 0.2) is 0 Å². The summed E-state index contributed by atoms with van der Waals surface area (Å²) in [5, 5.41) is 0. The number of esters is 1. The molecule has 0 fully saturated rings. The number of carbonyl (C=O) groups excluding carboxylic acids is 1. The van der Waals surface area contributed by atoms with Gasteiger partial charge in [0, 0.05) is 0 Å². The van der Waals surface area contributed by atoms with Crippen molar-refractivity contribution < 1.29 is 9.53 Å². The SMILES string of the molecule is C=CCOC(=O)C[S]. The van der Waals surface area contributed by atoms with Crippen LogP contribution in [0.4, 0.5) is 0 Å². The molecule has 0 aromatic carbocycles. The number of ether oxygens (including phenoxy) is 1. The third kappa shape index (κ3) is 3.74. The summed E-state index contributed by atoms with van der Waals surface area (Å²) >= 11 is 4.38. The third-order valence-corrected chi connectivity index (χ3v) is 0.716. The monoisotopic (exact) mass is 131 g/mol. The Bertz CT molecular complexity index is 90.4. The maximum Gasteiger partial charge on any atom is 0.317 e. The van der Waals surface area contributed by atoms with Gasteiger partial charge < -0.3 is 4.74 Å². The fraction of sp³-hybridized carbons (Fsp3) is 0.400. The molecule has 0 N–H and O–H groups in total. The van der Waals surface area contributed by atoms with Crippen LogP contribution in [0.5, 0.6) is 0 Å². The van der Waals surface area contributed by atoms with Crippen LogP contribution in [0.15, 0.2) is 12.7 Å². The molecule has 0 atom stereocenters. The van der Waals surface area contributed by atoms with Crippen molar-refractivity contribution in [3.05, 3.63) is 12.7 Å². The molecule has 0 spiro atoms. The molecular weight excluding hydrogens is 124 g/mol. The van der Waals surface area contributed by atoms with Gasteiger partial charge in [0.05, 0.1) is 0 Å². The van der Waals surface area contributed by atoms with Crippen LogP contribution < -0.4 is 0 Å². The van der Waals surface area contributed by atoms with Crippen molar-refractivity contribution in [2.75, 3.05) is 12.4 Å². The van der Waals surface area contributed by atoms with Crippen LogP contribution in [0, 0.1) is 0 Å². The third-order valence-electron chi connectivity index (χ3n) is 0.480. The van der Waals surface area contributed by atoms with Crippen LogP contribution >= 0.6 is 12.6 Å². The Labute approximate surface area is 53.9 Å². The highest BCUT2D eigenvalue weighted by molar-refractivity contribution is 7.81. The number of carbonyl (C=O) groups is 1. The van der Waals surface area contributed by atoms with Crippen LogP contribution in [0.25, 0.3) is 0 Å². The van der Waals surface area contributed by atoms with E-state index in [9.17, 15) is 4.79 Å². The van der Waals surface area contributed by atoms with Crippen molar-refractivity contribution in [2.24, 2.45) is 0 Å². The first-order valence-corrected chi connectivity index (χ1v) is 2.73. The van der Waals surface area contributed by atoms with Gasteiger partial charge in [-0.05, 0) is 0 Å². The van der Waals surface area contributed by atoms with Crippen molar-refractivity contribution in [1.29, 1.82) is 0 Å². The maximum absolute atomic E-state index is 10.2. The highest BCUT2D eigenvalue weighted by Gasteiger charge is 1.93. The van der Waals surface area contributed by atoms with Crippen molar-refractivity contribution in [3.8, 4) is 0 Å². The first-order chi connectivity index (χ1) is 3.81. The topological polar surface area (TPSA) is 26.3 Å². The first kappa shape index (κ1) is 7.56. The quantitative estimate of drug-likeness (QED) is 0.420. The largest absolute Gasteiger partial charge is 0.461 e. The van der Waals surface area contributed by atoms with Crippen LogP contribution in [0.1, 0.15) is 0 Å². The summed E-state index contributed by atoms with van der Waals surface area (Å²) in [7, 11) is 0. The van der Waals surface area contributed by atoms with E-state index < -0.39 is 0 Å². The normalized spacial score (nSPS) is 8.12. The maximum atomic E-state index is 10.2. The second-order valence-electron chi connectivity index (χ2n) is 1.12. The van der Waals surface area contributed by atoms with E-state index in [2.05, 4.69) is 23.9 Å². The van der Waals surface area contributed by atoms with Gasteiger partial charge in [-0.3, -0.25) is 4.79 Å². The van der Waals surface area contributed by atoms with E-state index in [0.717, 1.165) is 0 Å². The average molecular weight is 131 g/mol. The van der Waals surface area contributed by atoms with Crippen LogP contribution in [0.3, 0.4) is 0 Å². The minimum atomic E-state index is -0.361. The Morgan fingerprint density at radius 1 is 1.88 bits per heavy atom. The Morgan fingerprint density at radius 2 is 2.50 bits per heavy atom. The van der Waals surface area contributed by atoms with E-state index >= 15 is 0 Å². The highest BCUT2D eigenvalue weighted by Crippen LogP contribution is 1.80. The van der Waals surface area contributed by atoms with Gasteiger partial charge in [0.25, 0.3) is 0 Å². The van der Waals surface area contributed by atoms with Crippen molar-refractivity contribution >= 4 is 18.6 Å². The molecule has 3 heteroatoms. The lowest BCUT2D eigenvalue weighted by molar-refractivity contribution is -0.139. The fourth-order valence-electron chi connectivity index (χ4n) is 0.194. The molecule has 0 saturated carbocycles. The summed E-state index contributed by atoms with van der Waals surface area (Å²) < 4.78 is 4.48. The number of hydrogen-bond donors (Lipinski definition) is 0. The van der Waals surface area contributed by atoms with Gasteiger partial charge in [-0.2, -0.15) is 0 Å². The zero-order chi connectivity index (χ0) is 6.41. The van der Waals surface area contributed by atoms with Crippen LogP contribution in [-0.4, -0.2) is 18.3 Å². The summed E-state index contributed by atoms with van der Waals surface area (Å²) in [4.78, 5) is 10.2. The van der Waals surface area contributed by atoms with E-state index in [4.69, 9.17) is 0 Å². The lowest BCUT2D eigenvalue weighted by atomic mass is 10.7. The summed E-state index contributed by atoms with van der Waals surface area (Å²) in [5.74, 6) is -0.340. The predicted molar refractivity (Wildman–Crippen MR) is 33.6 cm³/mol. The van der Waals surface area contributed by atoms with Gasteiger partial charge in [-0.25, -0.2) is 0 Å². The number of rotatable bonds is 3. The molecule has 0 aromatic rings. The van der Waals surface area contributed by atoms with Crippen LogP contribution in [-0.2, 0) is 9.53 Å². The van der Waals surface area contributed by atoms with Crippen LogP contribution in [0.2, 0.25) is 0 Å². The molecule has 0 aliphatic heterocycles. The van der Waals surface area contributed by atoms with E-state index in [0.29, 0.717) is 0 Å². The molecule has 8 heavy (non-hydrogen) atoms. The Morgan fingerprint density at radius 3 is 2.88 bits per heavy atom. The van der Waals surface area contributed by atoms with Crippen molar-refractivity contribution in [3.63, 3.8) is 0 Å². The molecule has 1 radical (unpaired) electrons. The standard InChI is InChI=1S/C5H7O2S/c1-2-3-7-5(6)4-8/h2H,1,3-4H2. The molecule has 0 aromatic heterocycles. The lowest BCUT2D eigenvalue weighted by Crippen LogP contribution is -2.04. The summed E-state index contributed by atoms with van der Waals surface area (Å²) in [6, 6.07) is 0. The lowest BCUT2D eigenvalue weighted by Gasteiger charge is -1.94. The first-order valence-electron chi connectivity index (χ1n) is 2.16. The molecule has 0 saturated heterocycles. The second kappa shape index (κ2) is 4.71. The number of hydrogen-bond acceptors (Lipinski definition) is 2. The second-order valence-corrected chi connectivity index (χ2v) is 1.40. The highest BCUT2D eigenvalue weighted by atomic mass is 32.1. The zero-order valence-electron chi connectivity index (χ0n) is 4.42. The van der Waals surface area contributed by atoms with Gasteiger partial charge in [-0.15, -0.1) is 0 Å². The van der Waals surface area contributed by atoms with E-state index in [1.54, 1.807) is 0 Å². The summed E-state index contributed by atoms with van der Waals surface area (Å²) in [6.45, 7) is 3.62. The predicted octanol–water partition coefficient (Wildman–Crippen LogP) is 0.913. The van der Waals surface area contributed by atoms with E-state index in [1.165, 1.54) is 6.08 Å². The van der Waals surface area contributed by atoms with Crippen molar-refractivity contribution in [1.82, 2.24) is 0 Å². The van der Waals surface area contributed by atoms with Gasteiger partial charge in [0.1, 0.15) is 12.4 Å². The van der Waals surface area contributed by atoms with Gasteiger partial charge in [0.2, 0.25) is 0 Å². The smallest absolute Gasteiger partial charge is 0.317 e. The summed E-state index contributed by atoms with van der Waals surface area (Å²) in [5.41, 5.74) is 0. The molecule has 0 aliphatic carbocycles. The van der Waals surface area contributed by atoms with E-state index in [1.807, 2.05) is 0 Å². The molecule has 0 rings (SSSR count). The molecule has 2 nitrogen and oxygen atoms in total. The fourth-order valence-corrected chi connectivity index (χ4v) is 0.277. The molecule has 0 unspecified atom stereocenters. The van der Waals surface area contributed by atoms with Gasteiger partial charge >= 0.3 is 5.97 Å².